The lowest BCUT2D eigenvalue weighted by atomic mass is 10.2. The van der Waals surface area contributed by atoms with Gasteiger partial charge >= 0.3 is 0 Å². The second-order valence-corrected chi connectivity index (χ2v) is 15.0. The van der Waals surface area contributed by atoms with Crippen LogP contribution in [0.4, 0.5) is 0 Å². The molecule has 0 spiro atoms. The van der Waals surface area contributed by atoms with Gasteiger partial charge in [0.05, 0.1) is 0 Å². The molecule has 0 saturated carbocycles. The van der Waals surface area contributed by atoms with Crippen LogP contribution in [0.3, 0.4) is 0 Å². The SMILES string of the molecule is CCCCCC[SiH2]O[Si](CCCCCC)(CCCCCC)CCCCCC. The molecule has 0 aliphatic rings. The van der Waals surface area contributed by atoms with Crippen LogP contribution in [0.15, 0.2) is 0 Å². The normalized spacial score (nSPS) is 12.4. The van der Waals surface area contributed by atoms with Crippen LogP contribution in [0.1, 0.15) is 130 Å². The fourth-order valence-electron chi connectivity index (χ4n) is 4.21. The second kappa shape index (κ2) is 21.1. The van der Waals surface area contributed by atoms with Gasteiger partial charge in [0.25, 0.3) is 0 Å². The molecule has 0 aliphatic carbocycles. The maximum Gasteiger partial charge on any atom is 0.179 e. The molecule has 3 heteroatoms. The Labute approximate surface area is 176 Å². The standard InChI is InChI=1S/C24H54OSi2/c1-5-9-13-17-21-26-25-27(22-18-14-10-6-2,23-19-15-11-7-3)24-20-16-12-8-4/h5-24,26H2,1-4H3. The van der Waals surface area contributed by atoms with Crippen molar-refractivity contribution in [2.24, 2.45) is 0 Å². The van der Waals surface area contributed by atoms with E-state index in [2.05, 4.69) is 27.7 Å². The Balaban J connectivity index is 4.61. The van der Waals surface area contributed by atoms with Crippen molar-refractivity contribution < 1.29 is 4.12 Å². The average molecular weight is 415 g/mol. The minimum Gasteiger partial charge on any atom is -0.460 e. The van der Waals surface area contributed by atoms with E-state index in [-0.39, 0.29) is 9.76 Å². The third-order valence-electron chi connectivity index (χ3n) is 6.11. The van der Waals surface area contributed by atoms with Gasteiger partial charge in [-0.1, -0.05) is 130 Å². The minimum absolute atomic E-state index is 0.277. The maximum absolute atomic E-state index is 7.03. The van der Waals surface area contributed by atoms with Gasteiger partial charge in [-0.05, 0) is 24.2 Å². The predicted octanol–water partition coefficient (Wildman–Crippen LogP) is 8.77. The van der Waals surface area contributed by atoms with Crippen LogP contribution in [-0.4, -0.2) is 18.1 Å². The van der Waals surface area contributed by atoms with E-state index in [1.54, 1.807) is 0 Å². The van der Waals surface area contributed by atoms with E-state index >= 15 is 0 Å². The van der Waals surface area contributed by atoms with Gasteiger partial charge in [-0.15, -0.1) is 0 Å². The van der Waals surface area contributed by atoms with Crippen molar-refractivity contribution in [1.82, 2.24) is 0 Å². The molecule has 0 saturated heterocycles. The topological polar surface area (TPSA) is 9.23 Å². The molecule has 0 bridgehead atoms. The van der Waals surface area contributed by atoms with Gasteiger partial charge in [-0.25, -0.2) is 0 Å². The lowest BCUT2D eigenvalue weighted by Gasteiger charge is -2.33. The van der Waals surface area contributed by atoms with Crippen molar-refractivity contribution in [3.63, 3.8) is 0 Å². The third kappa shape index (κ3) is 17.0. The summed E-state index contributed by atoms with van der Waals surface area (Å²) < 4.78 is 7.03. The van der Waals surface area contributed by atoms with Gasteiger partial charge in [0.1, 0.15) is 9.76 Å². The van der Waals surface area contributed by atoms with E-state index in [9.17, 15) is 0 Å². The zero-order valence-corrected chi connectivity index (χ0v) is 22.2. The van der Waals surface area contributed by atoms with Crippen LogP contribution < -0.4 is 0 Å². The molecular formula is C24H54OSi2. The summed E-state index contributed by atoms with van der Waals surface area (Å²) in [4.78, 5) is 0. The van der Waals surface area contributed by atoms with E-state index in [4.69, 9.17) is 4.12 Å². The quantitative estimate of drug-likeness (QED) is 0.127. The summed E-state index contributed by atoms with van der Waals surface area (Å²) >= 11 is 0. The minimum atomic E-state index is -1.45. The molecule has 0 radical (unpaired) electrons. The summed E-state index contributed by atoms with van der Waals surface area (Å²) in [6.07, 6.45) is 22.7. The summed E-state index contributed by atoms with van der Waals surface area (Å²) in [6.45, 7) is 9.31. The molecular weight excluding hydrogens is 360 g/mol. The Morgan fingerprint density at radius 3 is 1.22 bits per heavy atom. The van der Waals surface area contributed by atoms with Crippen molar-refractivity contribution in [2.75, 3.05) is 0 Å². The summed E-state index contributed by atoms with van der Waals surface area (Å²) in [5.41, 5.74) is 0. The van der Waals surface area contributed by atoms with Gasteiger partial charge in [-0.2, -0.15) is 0 Å². The molecule has 164 valence electrons. The molecule has 0 aromatic rings. The molecule has 0 amide bonds. The molecule has 0 atom stereocenters. The molecule has 0 N–H and O–H groups in total. The van der Waals surface area contributed by atoms with Crippen LogP contribution in [0.25, 0.3) is 0 Å². The second-order valence-electron chi connectivity index (χ2n) is 8.88. The Hall–Kier alpha value is 0.394. The number of hydrogen-bond acceptors (Lipinski definition) is 1. The van der Waals surface area contributed by atoms with E-state index < -0.39 is 8.32 Å². The molecule has 0 aromatic heterocycles. The molecule has 0 fully saturated rings. The van der Waals surface area contributed by atoms with Crippen molar-refractivity contribution in [2.45, 2.75) is 155 Å². The highest BCUT2D eigenvalue weighted by molar-refractivity contribution is 6.77. The van der Waals surface area contributed by atoms with Crippen LogP contribution in [-0.2, 0) is 4.12 Å². The highest BCUT2D eigenvalue weighted by Crippen LogP contribution is 2.31. The first kappa shape index (κ1) is 27.4. The molecule has 0 unspecified atom stereocenters. The Bertz CT molecular complexity index is 252. The molecule has 0 aromatic carbocycles. The number of rotatable bonds is 22. The zero-order valence-electron chi connectivity index (χ0n) is 19.8. The fraction of sp³-hybridized carbons (Fsp3) is 1.00. The first-order chi connectivity index (χ1) is 13.2. The van der Waals surface area contributed by atoms with Crippen molar-refractivity contribution in [3.05, 3.63) is 0 Å². The molecule has 1 nitrogen and oxygen atoms in total. The van der Waals surface area contributed by atoms with E-state index in [1.807, 2.05) is 0 Å². The lowest BCUT2D eigenvalue weighted by molar-refractivity contribution is 0.522. The maximum atomic E-state index is 7.03. The van der Waals surface area contributed by atoms with Gasteiger partial charge in [0.15, 0.2) is 8.32 Å². The van der Waals surface area contributed by atoms with Crippen LogP contribution in [0.5, 0.6) is 0 Å². The Morgan fingerprint density at radius 1 is 0.481 bits per heavy atom. The largest absolute Gasteiger partial charge is 0.460 e. The van der Waals surface area contributed by atoms with Gasteiger partial charge in [0.2, 0.25) is 0 Å². The predicted molar refractivity (Wildman–Crippen MR) is 131 cm³/mol. The van der Waals surface area contributed by atoms with E-state index in [0.29, 0.717) is 0 Å². The van der Waals surface area contributed by atoms with E-state index in [1.165, 1.54) is 127 Å². The highest BCUT2D eigenvalue weighted by atomic mass is 28.4. The zero-order chi connectivity index (χ0) is 20.1. The Kier molecular flexibility index (Phi) is 21.4. The smallest absolute Gasteiger partial charge is 0.179 e. The summed E-state index contributed by atoms with van der Waals surface area (Å²) in [7, 11) is -1.73. The number of hydrogen-bond donors (Lipinski definition) is 0. The Morgan fingerprint density at radius 2 is 0.852 bits per heavy atom. The fourth-order valence-corrected chi connectivity index (χ4v) is 12.2. The first-order valence-electron chi connectivity index (χ1n) is 12.9. The first-order valence-corrected chi connectivity index (χ1v) is 17.0. The lowest BCUT2D eigenvalue weighted by Crippen LogP contribution is -2.39. The van der Waals surface area contributed by atoms with Crippen molar-refractivity contribution >= 4 is 18.1 Å². The highest BCUT2D eigenvalue weighted by Gasteiger charge is 2.32. The van der Waals surface area contributed by atoms with Crippen molar-refractivity contribution in [3.8, 4) is 0 Å². The van der Waals surface area contributed by atoms with Gasteiger partial charge in [-0.3, -0.25) is 0 Å². The van der Waals surface area contributed by atoms with Crippen LogP contribution in [0, 0.1) is 0 Å². The molecule has 0 heterocycles. The molecule has 0 rings (SSSR count). The monoisotopic (exact) mass is 414 g/mol. The van der Waals surface area contributed by atoms with E-state index in [0.717, 1.165) is 0 Å². The average Bonchev–Trinajstić information content (AvgIpc) is 2.68. The summed E-state index contributed by atoms with van der Waals surface area (Å²) in [6, 6.07) is 5.88. The van der Waals surface area contributed by atoms with Crippen LogP contribution in [0.2, 0.25) is 24.2 Å². The van der Waals surface area contributed by atoms with Gasteiger partial charge < -0.3 is 4.12 Å². The van der Waals surface area contributed by atoms with Crippen molar-refractivity contribution in [1.29, 1.82) is 0 Å². The van der Waals surface area contributed by atoms with Crippen LogP contribution >= 0.6 is 0 Å². The molecule has 0 aliphatic heterocycles. The molecule has 27 heavy (non-hydrogen) atoms. The number of unbranched alkanes of at least 4 members (excludes halogenated alkanes) is 12. The summed E-state index contributed by atoms with van der Waals surface area (Å²) in [5, 5.41) is 0. The van der Waals surface area contributed by atoms with Gasteiger partial charge in [0, 0.05) is 0 Å². The third-order valence-corrected chi connectivity index (χ3v) is 14.0. The summed E-state index contributed by atoms with van der Waals surface area (Å²) in [5.74, 6) is 0.